The van der Waals surface area contributed by atoms with Crippen LogP contribution in [0.25, 0.3) is 11.0 Å². The minimum Gasteiger partial charge on any atom is -0.463 e. The van der Waals surface area contributed by atoms with Crippen LogP contribution >= 0.6 is 0 Å². The average molecular weight is 261 g/mol. The molecule has 1 amide bonds. The normalized spacial score (nSPS) is 12.6. The van der Waals surface area contributed by atoms with Gasteiger partial charge in [0, 0.05) is 5.39 Å². The van der Waals surface area contributed by atoms with Crippen LogP contribution in [0.15, 0.2) is 40.1 Å². The number of para-hydroxylation sites is 1. The van der Waals surface area contributed by atoms with E-state index in [1.54, 1.807) is 26.0 Å². The summed E-state index contributed by atoms with van der Waals surface area (Å²) in [6, 6.07) is 7.22. The van der Waals surface area contributed by atoms with E-state index in [0.29, 0.717) is 11.1 Å². The van der Waals surface area contributed by atoms with Gasteiger partial charge in [0.15, 0.2) is 5.84 Å². The summed E-state index contributed by atoms with van der Waals surface area (Å²) >= 11 is 0. The zero-order valence-corrected chi connectivity index (χ0v) is 10.7. The van der Waals surface area contributed by atoms with Gasteiger partial charge in [0.2, 0.25) is 0 Å². The Morgan fingerprint density at radius 3 is 2.79 bits per heavy atom. The molecule has 100 valence electrons. The molecular formula is C13H15N3O3. The van der Waals surface area contributed by atoms with Crippen molar-refractivity contribution in [2.24, 2.45) is 10.9 Å². The number of nitrogens with two attached hydrogens (primary N) is 1. The van der Waals surface area contributed by atoms with Gasteiger partial charge >= 0.3 is 0 Å². The molecule has 6 heteroatoms. The summed E-state index contributed by atoms with van der Waals surface area (Å²) in [5.74, 6) is -0.421. The van der Waals surface area contributed by atoms with Crippen molar-refractivity contribution < 1.29 is 14.4 Å². The fourth-order valence-electron chi connectivity index (χ4n) is 1.69. The molecule has 0 atom stereocenters. The first kappa shape index (κ1) is 12.9. The summed E-state index contributed by atoms with van der Waals surface area (Å²) in [7, 11) is 0. The largest absolute Gasteiger partial charge is 0.463 e. The Bertz CT molecular complexity index is 643. The Hall–Kier alpha value is -2.50. The van der Waals surface area contributed by atoms with Gasteiger partial charge in [0.1, 0.15) is 11.8 Å². The smallest absolute Gasteiger partial charge is 0.255 e. The van der Waals surface area contributed by atoms with Crippen LogP contribution in [-0.4, -0.2) is 22.5 Å². The Kier molecular flexibility index (Phi) is 3.16. The topological polar surface area (TPSA) is 101 Å². The lowest BCUT2D eigenvalue weighted by molar-refractivity contribution is 0.0931. The van der Waals surface area contributed by atoms with Gasteiger partial charge in [-0.25, -0.2) is 0 Å². The number of hydrogen-bond acceptors (Lipinski definition) is 4. The molecule has 2 rings (SSSR count). The van der Waals surface area contributed by atoms with Gasteiger partial charge in [-0.3, -0.25) is 4.79 Å². The molecule has 19 heavy (non-hydrogen) atoms. The first-order valence-corrected chi connectivity index (χ1v) is 5.72. The van der Waals surface area contributed by atoms with E-state index in [4.69, 9.17) is 15.4 Å². The number of carbonyl (C=O) groups is 1. The standard InChI is InChI=1S/C13H15N3O3/c1-13(2,12(14)16-18)15-11(17)9-7-19-10-6-4-3-5-8(9)10/h3-7,18H,1-2H3,(H2,14,16)(H,15,17). The third kappa shape index (κ3) is 2.37. The molecule has 0 saturated heterocycles. The minimum atomic E-state index is -0.954. The van der Waals surface area contributed by atoms with Gasteiger partial charge in [-0.05, 0) is 19.9 Å². The molecule has 0 aliphatic heterocycles. The van der Waals surface area contributed by atoms with Crippen molar-refractivity contribution in [1.29, 1.82) is 0 Å². The highest BCUT2D eigenvalue weighted by Gasteiger charge is 2.27. The monoisotopic (exact) mass is 261 g/mol. The molecule has 1 heterocycles. The number of nitrogens with one attached hydrogen (secondary N) is 1. The van der Waals surface area contributed by atoms with Crippen LogP contribution in [0.5, 0.6) is 0 Å². The number of carbonyl (C=O) groups excluding carboxylic acids is 1. The van der Waals surface area contributed by atoms with E-state index in [1.165, 1.54) is 6.26 Å². The predicted octanol–water partition coefficient (Wildman–Crippen LogP) is 1.69. The molecule has 4 N–H and O–H groups in total. The molecule has 0 radical (unpaired) electrons. The highest BCUT2D eigenvalue weighted by Crippen LogP contribution is 2.21. The Labute approximate surface area is 109 Å². The molecule has 2 aromatic rings. The van der Waals surface area contributed by atoms with Crippen molar-refractivity contribution in [1.82, 2.24) is 5.32 Å². The highest BCUT2D eigenvalue weighted by atomic mass is 16.4. The molecule has 0 unspecified atom stereocenters. The molecule has 0 fully saturated rings. The second kappa shape index (κ2) is 4.64. The van der Waals surface area contributed by atoms with Crippen molar-refractivity contribution in [2.75, 3.05) is 0 Å². The van der Waals surface area contributed by atoms with Crippen molar-refractivity contribution in [3.63, 3.8) is 0 Å². The number of amidine groups is 1. The van der Waals surface area contributed by atoms with Crippen molar-refractivity contribution in [3.05, 3.63) is 36.1 Å². The minimum absolute atomic E-state index is 0.0753. The second-order valence-electron chi connectivity index (χ2n) is 4.71. The van der Waals surface area contributed by atoms with Gasteiger partial charge < -0.3 is 20.7 Å². The Balaban J connectivity index is 2.31. The number of fused-ring (bicyclic) bond motifs is 1. The van der Waals surface area contributed by atoms with Crippen LogP contribution in [0.3, 0.4) is 0 Å². The average Bonchev–Trinajstić information content (AvgIpc) is 2.81. The third-order valence-electron chi connectivity index (χ3n) is 2.90. The zero-order chi connectivity index (χ0) is 14.0. The van der Waals surface area contributed by atoms with Gasteiger partial charge in [-0.2, -0.15) is 0 Å². The molecule has 0 aliphatic rings. The van der Waals surface area contributed by atoms with Crippen LogP contribution in [-0.2, 0) is 0 Å². The summed E-state index contributed by atoms with van der Waals surface area (Å²) in [5, 5.41) is 15.0. The fraction of sp³-hybridized carbons (Fsp3) is 0.231. The summed E-state index contributed by atoms with van der Waals surface area (Å²) in [5.41, 5.74) is 5.62. The second-order valence-corrected chi connectivity index (χ2v) is 4.71. The lowest BCUT2D eigenvalue weighted by Gasteiger charge is -2.24. The number of nitrogens with zero attached hydrogens (tertiary/aromatic N) is 1. The summed E-state index contributed by atoms with van der Waals surface area (Å²) in [6.45, 7) is 3.28. The number of furan rings is 1. The van der Waals surface area contributed by atoms with E-state index < -0.39 is 5.54 Å². The van der Waals surface area contributed by atoms with Crippen molar-refractivity contribution in [3.8, 4) is 0 Å². The number of benzene rings is 1. The van der Waals surface area contributed by atoms with Crippen LogP contribution < -0.4 is 11.1 Å². The van der Waals surface area contributed by atoms with E-state index in [0.717, 1.165) is 5.39 Å². The number of rotatable bonds is 3. The van der Waals surface area contributed by atoms with Crippen LogP contribution in [0, 0.1) is 0 Å². The molecule has 0 spiro atoms. The van der Waals surface area contributed by atoms with E-state index >= 15 is 0 Å². The molecule has 6 nitrogen and oxygen atoms in total. The van der Waals surface area contributed by atoms with Gasteiger partial charge in [0.25, 0.3) is 5.91 Å². The molecule has 0 bridgehead atoms. The maximum absolute atomic E-state index is 12.2. The lowest BCUT2D eigenvalue weighted by Crippen LogP contribution is -2.53. The van der Waals surface area contributed by atoms with E-state index in [-0.39, 0.29) is 11.7 Å². The van der Waals surface area contributed by atoms with Crippen LogP contribution in [0.2, 0.25) is 0 Å². The lowest BCUT2D eigenvalue weighted by atomic mass is 10.0. The molecule has 1 aromatic carbocycles. The van der Waals surface area contributed by atoms with Gasteiger partial charge in [-0.15, -0.1) is 0 Å². The van der Waals surface area contributed by atoms with Crippen molar-refractivity contribution >= 4 is 22.7 Å². The fourth-order valence-corrected chi connectivity index (χ4v) is 1.69. The first-order valence-electron chi connectivity index (χ1n) is 5.72. The molecular weight excluding hydrogens is 246 g/mol. The SMILES string of the molecule is CC(C)(NC(=O)c1coc2ccccc12)C(N)=NO. The van der Waals surface area contributed by atoms with Crippen molar-refractivity contribution in [2.45, 2.75) is 19.4 Å². The zero-order valence-electron chi connectivity index (χ0n) is 10.7. The predicted molar refractivity (Wildman–Crippen MR) is 71.2 cm³/mol. The van der Waals surface area contributed by atoms with E-state index in [9.17, 15) is 4.79 Å². The quantitative estimate of drug-likeness (QED) is 0.338. The summed E-state index contributed by atoms with van der Waals surface area (Å²) in [4.78, 5) is 12.2. The maximum Gasteiger partial charge on any atom is 0.255 e. The van der Waals surface area contributed by atoms with Gasteiger partial charge in [0.05, 0.1) is 11.1 Å². The maximum atomic E-state index is 12.2. The number of oxime groups is 1. The first-order chi connectivity index (χ1) is 8.95. The third-order valence-corrected chi connectivity index (χ3v) is 2.90. The molecule has 1 aromatic heterocycles. The van der Waals surface area contributed by atoms with Crippen LogP contribution in [0.4, 0.5) is 0 Å². The van der Waals surface area contributed by atoms with Crippen LogP contribution in [0.1, 0.15) is 24.2 Å². The van der Waals surface area contributed by atoms with E-state index in [1.807, 2.05) is 12.1 Å². The highest BCUT2D eigenvalue weighted by molar-refractivity contribution is 6.07. The van der Waals surface area contributed by atoms with Gasteiger partial charge in [-0.1, -0.05) is 23.4 Å². The molecule has 0 saturated carbocycles. The summed E-state index contributed by atoms with van der Waals surface area (Å²) in [6.07, 6.45) is 1.39. The summed E-state index contributed by atoms with van der Waals surface area (Å²) < 4.78 is 5.30. The number of amides is 1. The Morgan fingerprint density at radius 1 is 1.42 bits per heavy atom. The number of hydrogen-bond donors (Lipinski definition) is 3. The molecule has 0 aliphatic carbocycles. The van der Waals surface area contributed by atoms with E-state index in [2.05, 4.69) is 10.5 Å². The Morgan fingerprint density at radius 2 is 2.11 bits per heavy atom.